The number of aliphatic carboxylic acids is 2. The van der Waals surface area contributed by atoms with Gasteiger partial charge in [0.2, 0.25) is 5.91 Å². The molecule has 2 N–H and O–H groups in total. The van der Waals surface area contributed by atoms with Gasteiger partial charge in [0.15, 0.2) is 0 Å². The fourth-order valence-corrected chi connectivity index (χ4v) is 2.45. The van der Waals surface area contributed by atoms with Gasteiger partial charge in [0.1, 0.15) is 12.6 Å². The first-order valence-corrected chi connectivity index (χ1v) is 8.64. The van der Waals surface area contributed by atoms with Crippen molar-refractivity contribution in [2.24, 2.45) is 0 Å². The van der Waals surface area contributed by atoms with Crippen molar-refractivity contribution in [3.05, 3.63) is 0 Å². The predicted octanol–water partition coefficient (Wildman–Crippen LogP) is 3.29. The molecule has 0 saturated heterocycles. The molecule has 23 heavy (non-hydrogen) atoms. The van der Waals surface area contributed by atoms with Crippen LogP contribution in [0.25, 0.3) is 0 Å². The zero-order valence-corrected chi connectivity index (χ0v) is 14.4. The molecule has 0 rings (SSSR count). The van der Waals surface area contributed by atoms with Gasteiger partial charge >= 0.3 is 11.9 Å². The first-order chi connectivity index (χ1) is 10.9. The summed E-state index contributed by atoms with van der Waals surface area (Å²) in [7, 11) is 0. The van der Waals surface area contributed by atoms with E-state index < -0.39 is 30.4 Å². The lowest BCUT2D eigenvalue weighted by atomic mass is 10.1. The van der Waals surface area contributed by atoms with Crippen LogP contribution < -0.4 is 0 Å². The second-order valence-electron chi connectivity index (χ2n) is 6.01. The van der Waals surface area contributed by atoms with Crippen molar-refractivity contribution in [3.63, 3.8) is 0 Å². The standard InChI is InChI=1S/C17H31NO5/c1-3-4-5-6-7-8-9-10-11-12-15(19)18(13-16(20)21)14(2)17(22)23/h14H,3-13H2,1-2H3,(H,20,21)(H,22,23). The Bertz CT molecular complexity index is 370. The maximum Gasteiger partial charge on any atom is 0.326 e. The molecule has 0 aliphatic carbocycles. The highest BCUT2D eigenvalue weighted by molar-refractivity contribution is 5.86. The molecular weight excluding hydrogens is 298 g/mol. The summed E-state index contributed by atoms with van der Waals surface area (Å²) in [5.41, 5.74) is 0. The van der Waals surface area contributed by atoms with Crippen molar-refractivity contribution in [2.75, 3.05) is 6.54 Å². The van der Waals surface area contributed by atoms with Crippen LogP contribution in [0.4, 0.5) is 0 Å². The molecule has 0 spiro atoms. The summed E-state index contributed by atoms with van der Waals surface area (Å²) in [5, 5.41) is 17.8. The number of hydrogen-bond acceptors (Lipinski definition) is 3. The van der Waals surface area contributed by atoms with Crippen molar-refractivity contribution in [1.29, 1.82) is 0 Å². The Labute approximate surface area is 138 Å². The Kier molecular flexibility index (Phi) is 12.0. The molecular formula is C17H31NO5. The molecule has 6 nitrogen and oxygen atoms in total. The van der Waals surface area contributed by atoms with Gasteiger partial charge in [-0.25, -0.2) is 4.79 Å². The van der Waals surface area contributed by atoms with Crippen molar-refractivity contribution in [2.45, 2.75) is 84.1 Å². The molecule has 0 aliphatic rings. The van der Waals surface area contributed by atoms with E-state index in [9.17, 15) is 14.4 Å². The van der Waals surface area contributed by atoms with Crippen LogP contribution in [0.3, 0.4) is 0 Å². The number of carboxylic acid groups (broad SMARTS) is 2. The highest BCUT2D eigenvalue weighted by Gasteiger charge is 2.26. The number of amides is 1. The highest BCUT2D eigenvalue weighted by Crippen LogP contribution is 2.12. The van der Waals surface area contributed by atoms with E-state index in [-0.39, 0.29) is 6.42 Å². The Balaban J connectivity index is 3.95. The Morgan fingerprint density at radius 3 is 1.78 bits per heavy atom. The maximum absolute atomic E-state index is 12.0. The number of unbranched alkanes of at least 4 members (excludes halogenated alkanes) is 8. The van der Waals surface area contributed by atoms with Crippen LogP contribution >= 0.6 is 0 Å². The molecule has 0 aromatic rings. The van der Waals surface area contributed by atoms with Crippen molar-refractivity contribution in [3.8, 4) is 0 Å². The van der Waals surface area contributed by atoms with Gasteiger partial charge in [-0.05, 0) is 13.3 Å². The molecule has 0 aliphatic heterocycles. The number of hydrogen-bond donors (Lipinski definition) is 2. The Morgan fingerprint density at radius 1 is 0.870 bits per heavy atom. The number of carbonyl (C=O) groups is 3. The monoisotopic (exact) mass is 329 g/mol. The van der Waals surface area contributed by atoms with Crippen molar-refractivity contribution < 1.29 is 24.6 Å². The van der Waals surface area contributed by atoms with Gasteiger partial charge in [0.25, 0.3) is 0 Å². The lowest BCUT2D eigenvalue weighted by Gasteiger charge is -2.24. The third-order valence-corrected chi connectivity index (χ3v) is 3.95. The van der Waals surface area contributed by atoms with E-state index in [0.717, 1.165) is 24.2 Å². The summed E-state index contributed by atoms with van der Waals surface area (Å²) >= 11 is 0. The molecule has 0 radical (unpaired) electrons. The Morgan fingerprint density at radius 2 is 1.35 bits per heavy atom. The fourth-order valence-electron chi connectivity index (χ4n) is 2.45. The number of carboxylic acids is 2. The van der Waals surface area contributed by atoms with Crippen molar-refractivity contribution in [1.82, 2.24) is 4.90 Å². The molecule has 0 bridgehead atoms. The number of nitrogens with zero attached hydrogens (tertiary/aromatic N) is 1. The summed E-state index contributed by atoms with van der Waals surface area (Å²) in [4.78, 5) is 34.7. The lowest BCUT2D eigenvalue weighted by molar-refractivity contribution is -0.153. The minimum Gasteiger partial charge on any atom is -0.480 e. The van der Waals surface area contributed by atoms with Crippen LogP contribution in [0.1, 0.15) is 78.1 Å². The SMILES string of the molecule is CCCCCCCCCCCC(=O)N(CC(=O)O)C(C)C(=O)O. The zero-order chi connectivity index (χ0) is 17.7. The summed E-state index contributed by atoms with van der Waals surface area (Å²) < 4.78 is 0. The average molecular weight is 329 g/mol. The summed E-state index contributed by atoms with van der Waals surface area (Å²) in [6, 6.07) is -1.11. The Hall–Kier alpha value is -1.59. The molecule has 1 unspecified atom stereocenters. The quantitative estimate of drug-likeness (QED) is 0.477. The fraction of sp³-hybridized carbons (Fsp3) is 0.824. The highest BCUT2D eigenvalue weighted by atomic mass is 16.4. The normalized spacial score (nSPS) is 11.9. The predicted molar refractivity (Wildman–Crippen MR) is 88.3 cm³/mol. The topological polar surface area (TPSA) is 94.9 Å². The van der Waals surface area contributed by atoms with E-state index in [2.05, 4.69) is 6.92 Å². The molecule has 0 saturated carbocycles. The molecule has 0 fully saturated rings. The van der Waals surface area contributed by atoms with Gasteiger partial charge in [-0.3, -0.25) is 9.59 Å². The van der Waals surface area contributed by atoms with Crippen LogP contribution in [0.15, 0.2) is 0 Å². The van der Waals surface area contributed by atoms with Crippen LogP contribution in [0.2, 0.25) is 0 Å². The first-order valence-electron chi connectivity index (χ1n) is 8.64. The zero-order valence-electron chi connectivity index (χ0n) is 14.4. The molecule has 0 heterocycles. The molecule has 0 aromatic heterocycles. The lowest BCUT2D eigenvalue weighted by Crippen LogP contribution is -2.45. The molecule has 1 atom stereocenters. The van der Waals surface area contributed by atoms with E-state index in [1.54, 1.807) is 0 Å². The summed E-state index contributed by atoms with van der Waals surface area (Å²) in [6.45, 7) is 2.96. The van der Waals surface area contributed by atoms with E-state index in [1.807, 2.05) is 0 Å². The van der Waals surface area contributed by atoms with Gasteiger partial charge < -0.3 is 15.1 Å². The maximum atomic E-state index is 12.0. The van der Waals surface area contributed by atoms with Crippen molar-refractivity contribution >= 4 is 17.8 Å². The van der Waals surface area contributed by atoms with Gasteiger partial charge in [-0.2, -0.15) is 0 Å². The molecule has 1 amide bonds. The second kappa shape index (κ2) is 12.9. The van der Waals surface area contributed by atoms with Crippen LogP contribution in [-0.2, 0) is 14.4 Å². The van der Waals surface area contributed by atoms with E-state index >= 15 is 0 Å². The van der Waals surface area contributed by atoms with Gasteiger partial charge in [-0.15, -0.1) is 0 Å². The molecule has 6 heteroatoms. The summed E-state index contributed by atoms with van der Waals surface area (Å²) in [6.07, 6.45) is 10.3. The minimum atomic E-state index is -1.20. The van der Waals surface area contributed by atoms with E-state index in [1.165, 1.54) is 39.0 Å². The number of carbonyl (C=O) groups excluding carboxylic acids is 1. The van der Waals surface area contributed by atoms with Crippen LogP contribution in [-0.4, -0.2) is 45.5 Å². The second-order valence-corrected chi connectivity index (χ2v) is 6.01. The van der Waals surface area contributed by atoms with Gasteiger partial charge in [0.05, 0.1) is 0 Å². The van der Waals surface area contributed by atoms with Gasteiger partial charge in [-0.1, -0.05) is 58.3 Å². The van der Waals surface area contributed by atoms with Crippen LogP contribution in [0, 0.1) is 0 Å². The smallest absolute Gasteiger partial charge is 0.326 e. The minimum absolute atomic E-state index is 0.209. The van der Waals surface area contributed by atoms with Gasteiger partial charge in [0, 0.05) is 6.42 Å². The third kappa shape index (κ3) is 10.7. The summed E-state index contributed by atoms with van der Waals surface area (Å²) in [5.74, 6) is -2.78. The van der Waals surface area contributed by atoms with Crippen LogP contribution in [0.5, 0.6) is 0 Å². The number of rotatable bonds is 14. The molecule has 134 valence electrons. The largest absolute Gasteiger partial charge is 0.480 e. The average Bonchev–Trinajstić information content (AvgIpc) is 2.49. The van der Waals surface area contributed by atoms with E-state index in [0.29, 0.717) is 6.42 Å². The third-order valence-electron chi connectivity index (χ3n) is 3.95. The van der Waals surface area contributed by atoms with E-state index in [4.69, 9.17) is 10.2 Å². The first kappa shape index (κ1) is 21.4. The molecule has 0 aromatic carbocycles.